The summed E-state index contributed by atoms with van der Waals surface area (Å²) in [5.41, 5.74) is 1.21. The first-order valence-corrected chi connectivity index (χ1v) is 13.6. The maximum absolute atomic E-state index is 13.2. The molecule has 1 fully saturated rings. The monoisotopic (exact) mass is 507 g/mol. The Morgan fingerprint density at radius 2 is 1.86 bits per heavy atom. The van der Waals surface area contributed by atoms with Gasteiger partial charge in [-0.25, -0.2) is 14.7 Å². The summed E-state index contributed by atoms with van der Waals surface area (Å²) in [5.74, 6) is 0.712. The third-order valence-corrected chi connectivity index (χ3v) is 7.77. The second kappa shape index (κ2) is 10.3. The lowest BCUT2D eigenvalue weighted by atomic mass is 9.97. The second-order valence-corrected chi connectivity index (χ2v) is 11.7. The van der Waals surface area contributed by atoms with Crippen LogP contribution in [0.15, 0.2) is 71.9 Å². The molecule has 0 spiro atoms. The Balaban J connectivity index is 1.51. The molecule has 4 rings (SSSR count). The van der Waals surface area contributed by atoms with Gasteiger partial charge >= 0.3 is 0 Å². The Kier molecular flexibility index (Phi) is 7.31. The molecule has 1 atom stereocenters. The summed E-state index contributed by atoms with van der Waals surface area (Å²) in [6.45, 7) is 7.77. The maximum atomic E-state index is 13.2. The van der Waals surface area contributed by atoms with Gasteiger partial charge in [-0.15, -0.1) is 0 Å². The number of aromatic nitrogens is 2. The summed E-state index contributed by atoms with van der Waals surface area (Å²) in [6, 6.07) is 18.1. The van der Waals surface area contributed by atoms with E-state index in [0.717, 1.165) is 19.4 Å². The lowest BCUT2D eigenvalue weighted by Gasteiger charge is -2.33. The normalized spacial score (nSPS) is 17.1. The van der Waals surface area contributed by atoms with E-state index >= 15 is 0 Å². The van der Waals surface area contributed by atoms with Crippen molar-refractivity contribution in [3.63, 3.8) is 0 Å². The Morgan fingerprint density at radius 3 is 2.56 bits per heavy atom. The van der Waals surface area contributed by atoms with Crippen LogP contribution < -0.4 is 14.5 Å². The molecule has 36 heavy (non-hydrogen) atoms. The molecular formula is C27H33N5O3S. The smallest absolute Gasteiger partial charge is 0.281 e. The summed E-state index contributed by atoms with van der Waals surface area (Å²) >= 11 is 0. The van der Waals surface area contributed by atoms with Crippen molar-refractivity contribution in [2.24, 2.45) is 5.92 Å². The van der Waals surface area contributed by atoms with Crippen molar-refractivity contribution in [1.29, 1.82) is 0 Å². The molecule has 3 aromatic rings. The van der Waals surface area contributed by atoms with Crippen LogP contribution in [0.25, 0.3) is 0 Å². The van der Waals surface area contributed by atoms with Crippen LogP contribution in [0.1, 0.15) is 43.1 Å². The number of benzene rings is 1. The number of nitrogens with zero attached hydrogens (tertiary/aromatic N) is 4. The molecular weight excluding hydrogens is 474 g/mol. The van der Waals surface area contributed by atoms with Crippen LogP contribution in [0.5, 0.6) is 0 Å². The van der Waals surface area contributed by atoms with Crippen LogP contribution in [0.2, 0.25) is 0 Å². The molecule has 190 valence electrons. The van der Waals surface area contributed by atoms with Crippen LogP contribution in [0.4, 0.5) is 11.6 Å². The van der Waals surface area contributed by atoms with E-state index in [1.54, 1.807) is 30.5 Å². The summed E-state index contributed by atoms with van der Waals surface area (Å²) in [7, 11) is -2.33. The number of anilines is 2. The zero-order valence-corrected chi connectivity index (χ0v) is 22.0. The van der Waals surface area contributed by atoms with E-state index < -0.39 is 15.9 Å². The summed E-state index contributed by atoms with van der Waals surface area (Å²) < 4.78 is 28.5. The first kappa shape index (κ1) is 25.6. The molecule has 3 heterocycles. The predicted molar refractivity (Wildman–Crippen MR) is 142 cm³/mol. The van der Waals surface area contributed by atoms with Crippen molar-refractivity contribution in [1.82, 2.24) is 14.7 Å². The van der Waals surface area contributed by atoms with Gasteiger partial charge in [-0.2, -0.15) is 8.42 Å². The number of rotatable bonds is 8. The van der Waals surface area contributed by atoms with Gasteiger partial charge in [0, 0.05) is 31.9 Å². The molecule has 1 saturated heterocycles. The Morgan fingerprint density at radius 1 is 1.11 bits per heavy atom. The summed E-state index contributed by atoms with van der Waals surface area (Å²) in [5, 5.41) is -0.208. The van der Waals surface area contributed by atoms with Crippen LogP contribution in [-0.4, -0.2) is 50.0 Å². The molecule has 1 N–H and O–H groups in total. The van der Waals surface area contributed by atoms with Crippen molar-refractivity contribution >= 4 is 27.6 Å². The molecule has 2 aromatic heterocycles. The lowest BCUT2D eigenvalue weighted by molar-refractivity contribution is 0.0981. The highest BCUT2D eigenvalue weighted by atomic mass is 32.2. The van der Waals surface area contributed by atoms with Crippen molar-refractivity contribution in [2.75, 3.05) is 29.9 Å². The van der Waals surface area contributed by atoms with Gasteiger partial charge in [0.1, 0.15) is 11.6 Å². The number of carbonyl (C=O) groups is 1. The minimum absolute atomic E-state index is 0.193. The standard InChI is InChI=1S/C27H33N5O3S/c1-20-18-27(2,3)32(19-20)25-22(12-9-16-28-25)26(33)30-36(34,35)24-14-8-13-23(29-24)31(4)17-15-21-10-6-5-7-11-21/h5-14,16,20H,15,17-19H2,1-4H3,(H,30,33). The van der Waals surface area contributed by atoms with E-state index in [-0.39, 0.29) is 16.1 Å². The molecule has 1 unspecified atom stereocenters. The molecule has 1 aliphatic heterocycles. The van der Waals surface area contributed by atoms with Crippen molar-refractivity contribution in [3.05, 3.63) is 78.0 Å². The van der Waals surface area contributed by atoms with Gasteiger partial charge in [0.25, 0.3) is 15.9 Å². The van der Waals surface area contributed by atoms with Crippen LogP contribution in [0.3, 0.4) is 0 Å². The van der Waals surface area contributed by atoms with Crippen molar-refractivity contribution in [2.45, 2.75) is 44.2 Å². The first-order valence-electron chi connectivity index (χ1n) is 12.1. The number of hydrogen-bond acceptors (Lipinski definition) is 7. The fourth-order valence-electron chi connectivity index (χ4n) is 4.80. The van der Waals surface area contributed by atoms with Crippen molar-refractivity contribution in [3.8, 4) is 0 Å². The van der Waals surface area contributed by atoms with E-state index in [0.29, 0.717) is 24.1 Å². The van der Waals surface area contributed by atoms with Crippen LogP contribution in [0, 0.1) is 5.92 Å². The van der Waals surface area contributed by atoms with Gasteiger partial charge in [0.05, 0.1) is 5.56 Å². The zero-order valence-electron chi connectivity index (χ0n) is 21.2. The molecule has 1 aliphatic rings. The van der Waals surface area contributed by atoms with Gasteiger partial charge in [-0.05, 0) is 62.4 Å². The van der Waals surface area contributed by atoms with Crippen LogP contribution in [-0.2, 0) is 16.4 Å². The fraction of sp³-hybridized carbons (Fsp3) is 0.370. The molecule has 1 amide bonds. The summed E-state index contributed by atoms with van der Waals surface area (Å²) in [4.78, 5) is 25.9. The topological polar surface area (TPSA) is 95.5 Å². The SMILES string of the molecule is CC1CN(c2ncccc2C(=O)NS(=O)(=O)c2cccc(N(C)CCc3ccccc3)n2)C(C)(C)C1. The highest BCUT2D eigenvalue weighted by Gasteiger charge is 2.39. The highest BCUT2D eigenvalue weighted by molar-refractivity contribution is 7.90. The van der Waals surface area contributed by atoms with Crippen LogP contribution >= 0.6 is 0 Å². The first-order chi connectivity index (χ1) is 17.1. The minimum atomic E-state index is -4.19. The van der Waals surface area contributed by atoms with Crippen molar-refractivity contribution < 1.29 is 13.2 Å². The van der Waals surface area contributed by atoms with Gasteiger partial charge in [-0.3, -0.25) is 4.79 Å². The number of hydrogen-bond donors (Lipinski definition) is 1. The third-order valence-electron chi connectivity index (χ3n) is 6.54. The van der Waals surface area contributed by atoms with Gasteiger partial charge in [0.15, 0.2) is 5.03 Å². The number of nitrogens with one attached hydrogen (secondary N) is 1. The number of sulfonamides is 1. The van der Waals surface area contributed by atoms with Gasteiger partial charge in [-0.1, -0.05) is 43.3 Å². The van der Waals surface area contributed by atoms with E-state index in [9.17, 15) is 13.2 Å². The van der Waals surface area contributed by atoms with E-state index in [4.69, 9.17) is 0 Å². The maximum Gasteiger partial charge on any atom is 0.281 e. The minimum Gasteiger partial charge on any atom is -0.359 e. The van der Waals surface area contributed by atoms with E-state index in [1.807, 2.05) is 42.3 Å². The molecule has 0 aliphatic carbocycles. The third kappa shape index (κ3) is 5.67. The highest BCUT2D eigenvalue weighted by Crippen LogP contribution is 2.37. The summed E-state index contributed by atoms with van der Waals surface area (Å²) in [6.07, 6.45) is 3.37. The average molecular weight is 508 g/mol. The second-order valence-electron chi connectivity index (χ2n) is 10.0. The molecule has 0 bridgehead atoms. The molecule has 0 radical (unpaired) electrons. The number of carbonyl (C=O) groups excluding carboxylic acids is 1. The number of amides is 1. The Labute approximate surface area is 213 Å². The predicted octanol–water partition coefficient (Wildman–Crippen LogP) is 3.90. The van der Waals surface area contributed by atoms with Gasteiger partial charge < -0.3 is 9.80 Å². The lowest BCUT2D eigenvalue weighted by Crippen LogP contribution is -2.41. The molecule has 0 saturated carbocycles. The number of pyridine rings is 2. The van der Waals surface area contributed by atoms with E-state index in [1.165, 1.54) is 11.6 Å². The quantitative estimate of drug-likeness (QED) is 0.494. The Bertz CT molecular complexity index is 1330. The van der Waals surface area contributed by atoms with E-state index in [2.05, 4.69) is 40.4 Å². The fourth-order valence-corrected chi connectivity index (χ4v) is 5.73. The molecule has 8 nitrogen and oxygen atoms in total. The molecule has 9 heteroatoms. The average Bonchev–Trinajstić information content (AvgIpc) is 3.14. The Hall–Kier alpha value is -3.46. The molecule has 1 aromatic carbocycles. The van der Waals surface area contributed by atoms with Gasteiger partial charge in [0.2, 0.25) is 0 Å². The number of likely N-dealkylation sites (N-methyl/N-ethyl adjacent to an activating group) is 1. The largest absolute Gasteiger partial charge is 0.359 e. The zero-order chi connectivity index (χ0) is 25.9.